The van der Waals surface area contributed by atoms with Gasteiger partial charge in [0.15, 0.2) is 11.5 Å². The Bertz CT molecular complexity index is 1360. The first-order valence-electron chi connectivity index (χ1n) is 11.2. The van der Waals surface area contributed by atoms with Crippen LogP contribution in [0.5, 0.6) is 0 Å². The molecule has 1 atom stereocenters. The summed E-state index contributed by atoms with van der Waals surface area (Å²) in [6.07, 6.45) is 7.34. The molecule has 5 rings (SSSR count). The Kier molecular flexibility index (Phi) is 6.13. The van der Waals surface area contributed by atoms with Crippen molar-refractivity contribution in [3.05, 3.63) is 70.7 Å². The molecule has 1 N–H and O–H groups in total. The fourth-order valence-electron chi connectivity index (χ4n) is 4.17. The van der Waals surface area contributed by atoms with Crippen molar-refractivity contribution >= 4 is 34.2 Å². The maximum absolute atomic E-state index is 13.1. The summed E-state index contributed by atoms with van der Waals surface area (Å²) in [5.74, 6) is 2.22. The summed E-state index contributed by atoms with van der Waals surface area (Å²) in [6, 6.07) is 13.1. The number of hydrogen-bond acceptors (Lipinski definition) is 6. The lowest BCUT2D eigenvalue weighted by molar-refractivity contribution is -0.121. The summed E-state index contributed by atoms with van der Waals surface area (Å²) in [6.45, 7) is 0. The second kappa shape index (κ2) is 9.35. The van der Waals surface area contributed by atoms with Gasteiger partial charge < -0.3 is 5.32 Å². The van der Waals surface area contributed by atoms with Crippen LogP contribution in [0.2, 0.25) is 0 Å². The van der Waals surface area contributed by atoms with E-state index in [4.69, 9.17) is 4.98 Å². The Morgan fingerprint density at radius 1 is 1.18 bits per heavy atom. The molecule has 1 aromatic carbocycles. The third-order valence-electron chi connectivity index (χ3n) is 5.97. The number of hydrogen-bond donors (Lipinski definition) is 1. The van der Waals surface area contributed by atoms with E-state index < -0.39 is 0 Å². The van der Waals surface area contributed by atoms with Gasteiger partial charge in [-0.2, -0.15) is 11.8 Å². The molecular weight excluding hydrogens is 436 g/mol. The molecule has 1 aliphatic rings. The van der Waals surface area contributed by atoms with Gasteiger partial charge in [0, 0.05) is 25.1 Å². The van der Waals surface area contributed by atoms with Gasteiger partial charge in [0.05, 0.1) is 16.9 Å². The Morgan fingerprint density at radius 3 is 2.82 bits per heavy atom. The molecule has 3 aromatic heterocycles. The van der Waals surface area contributed by atoms with Crippen molar-refractivity contribution in [3.8, 4) is 0 Å². The SMILES string of the molecule is CSCCC(NC(=O)CCc1nc2ccccc2c(=O)n1C1CC1)c1nnc2ccccn12. The van der Waals surface area contributed by atoms with Gasteiger partial charge in [-0.25, -0.2) is 4.98 Å². The van der Waals surface area contributed by atoms with Gasteiger partial charge >= 0.3 is 0 Å². The van der Waals surface area contributed by atoms with Crippen LogP contribution in [0.4, 0.5) is 0 Å². The van der Waals surface area contributed by atoms with Crippen LogP contribution in [-0.2, 0) is 11.2 Å². The number of nitrogens with one attached hydrogen (secondary N) is 1. The van der Waals surface area contributed by atoms with E-state index in [9.17, 15) is 9.59 Å². The van der Waals surface area contributed by atoms with E-state index >= 15 is 0 Å². The molecule has 3 heterocycles. The van der Waals surface area contributed by atoms with Crippen LogP contribution in [0.25, 0.3) is 16.6 Å². The molecule has 0 bridgehead atoms. The molecule has 1 amide bonds. The summed E-state index contributed by atoms with van der Waals surface area (Å²) < 4.78 is 3.72. The predicted molar refractivity (Wildman–Crippen MR) is 129 cm³/mol. The number of benzene rings is 1. The van der Waals surface area contributed by atoms with Crippen molar-refractivity contribution in [1.82, 2.24) is 29.5 Å². The Morgan fingerprint density at radius 2 is 2.00 bits per heavy atom. The van der Waals surface area contributed by atoms with E-state index in [1.807, 2.05) is 59.3 Å². The molecule has 1 saturated carbocycles. The first-order valence-corrected chi connectivity index (χ1v) is 12.6. The van der Waals surface area contributed by atoms with Gasteiger partial charge in [0.2, 0.25) is 5.91 Å². The fourth-order valence-corrected chi connectivity index (χ4v) is 4.64. The number of rotatable bonds is 9. The van der Waals surface area contributed by atoms with E-state index in [1.165, 1.54) is 0 Å². The zero-order valence-electron chi connectivity index (χ0n) is 18.5. The van der Waals surface area contributed by atoms with Crippen LogP contribution < -0.4 is 10.9 Å². The number of amides is 1. The van der Waals surface area contributed by atoms with E-state index in [0.717, 1.165) is 36.5 Å². The number of nitrogens with zero attached hydrogens (tertiary/aromatic N) is 5. The summed E-state index contributed by atoms with van der Waals surface area (Å²) in [4.78, 5) is 30.8. The van der Waals surface area contributed by atoms with E-state index in [1.54, 1.807) is 16.3 Å². The van der Waals surface area contributed by atoms with Gasteiger partial charge in [-0.15, -0.1) is 10.2 Å². The minimum atomic E-state index is -0.238. The van der Waals surface area contributed by atoms with Gasteiger partial charge in [-0.1, -0.05) is 18.2 Å². The average Bonchev–Trinajstić information content (AvgIpc) is 3.58. The third kappa shape index (κ3) is 4.50. The fraction of sp³-hybridized carbons (Fsp3) is 0.375. The normalized spacial score (nSPS) is 14.6. The zero-order valence-corrected chi connectivity index (χ0v) is 19.3. The summed E-state index contributed by atoms with van der Waals surface area (Å²) in [5.41, 5.74) is 1.43. The third-order valence-corrected chi connectivity index (χ3v) is 6.61. The topological polar surface area (TPSA) is 94.2 Å². The molecule has 33 heavy (non-hydrogen) atoms. The number of pyridine rings is 1. The van der Waals surface area contributed by atoms with Gasteiger partial charge in [0.25, 0.3) is 5.56 Å². The Balaban J connectivity index is 1.35. The number of para-hydroxylation sites is 1. The van der Waals surface area contributed by atoms with E-state index in [-0.39, 0.29) is 30.0 Å². The van der Waals surface area contributed by atoms with Crippen molar-refractivity contribution in [1.29, 1.82) is 0 Å². The maximum atomic E-state index is 13.1. The Hall–Kier alpha value is -3.20. The highest BCUT2D eigenvalue weighted by atomic mass is 32.2. The zero-order chi connectivity index (χ0) is 22.8. The molecule has 1 fully saturated rings. The lowest BCUT2D eigenvalue weighted by Gasteiger charge is -2.18. The summed E-state index contributed by atoms with van der Waals surface area (Å²) >= 11 is 1.73. The van der Waals surface area contributed by atoms with Gasteiger partial charge in [-0.05, 0) is 55.5 Å². The number of aryl methyl sites for hydroxylation is 1. The molecule has 0 spiro atoms. The molecule has 0 aliphatic heterocycles. The van der Waals surface area contributed by atoms with Crippen LogP contribution in [0.15, 0.2) is 53.5 Å². The lowest BCUT2D eigenvalue weighted by Crippen LogP contribution is -2.31. The van der Waals surface area contributed by atoms with Crippen molar-refractivity contribution in [2.75, 3.05) is 12.0 Å². The number of carbonyl (C=O) groups is 1. The van der Waals surface area contributed by atoms with Crippen LogP contribution in [-0.4, -0.2) is 42.1 Å². The smallest absolute Gasteiger partial charge is 0.261 e. The minimum absolute atomic E-state index is 0.00807. The second-order valence-corrected chi connectivity index (χ2v) is 9.33. The average molecular weight is 463 g/mol. The van der Waals surface area contributed by atoms with Crippen molar-refractivity contribution in [3.63, 3.8) is 0 Å². The van der Waals surface area contributed by atoms with Gasteiger partial charge in [-0.3, -0.25) is 18.6 Å². The predicted octanol–water partition coefficient (Wildman–Crippen LogP) is 3.32. The lowest BCUT2D eigenvalue weighted by atomic mass is 10.1. The second-order valence-electron chi connectivity index (χ2n) is 8.34. The highest BCUT2D eigenvalue weighted by molar-refractivity contribution is 7.98. The molecule has 8 nitrogen and oxygen atoms in total. The summed E-state index contributed by atoms with van der Waals surface area (Å²) in [7, 11) is 0. The van der Waals surface area contributed by atoms with Crippen LogP contribution in [0, 0.1) is 0 Å². The van der Waals surface area contributed by atoms with Crippen LogP contribution in [0.3, 0.4) is 0 Å². The number of fused-ring (bicyclic) bond motifs is 2. The van der Waals surface area contributed by atoms with Crippen molar-refractivity contribution in [2.24, 2.45) is 0 Å². The van der Waals surface area contributed by atoms with Crippen LogP contribution in [0.1, 0.15) is 49.4 Å². The van der Waals surface area contributed by atoms with Gasteiger partial charge in [0.1, 0.15) is 5.82 Å². The van der Waals surface area contributed by atoms with E-state index in [2.05, 4.69) is 15.5 Å². The van der Waals surface area contributed by atoms with E-state index in [0.29, 0.717) is 23.1 Å². The molecule has 0 saturated heterocycles. The first kappa shape index (κ1) is 21.6. The molecule has 0 radical (unpaired) electrons. The quantitative estimate of drug-likeness (QED) is 0.410. The molecular formula is C24H26N6O2S. The number of carbonyl (C=O) groups excluding carboxylic acids is 1. The number of aromatic nitrogens is 5. The molecule has 1 unspecified atom stereocenters. The molecule has 4 aromatic rings. The monoisotopic (exact) mass is 462 g/mol. The number of thioether (sulfide) groups is 1. The Labute approximate surface area is 195 Å². The largest absolute Gasteiger partial charge is 0.346 e. The standard InChI is InChI=1S/C24H26N6O2S/c1-33-15-13-19(23-28-27-21-8-4-5-14-29(21)23)26-22(31)12-11-20-25-18-7-3-2-6-17(18)24(32)30(20)16-9-10-16/h2-8,14,16,19H,9-13,15H2,1H3,(H,26,31). The molecule has 9 heteroatoms. The molecule has 170 valence electrons. The minimum Gasteiger partial charge on any atom is -0.346 e. The highest BCUT2D eigenvalue weighted by Crippen LogP contribution is 2.35. The van der Waals surface area contributed by atoms with Crippen molar-refractivity contribution in [2.45, 2.75) is 44.2 Å². The van der Waals surface area contributed by atoms with Crippen molar-refractivity contribution < 1.29 is 4.79 Å². The maximum Gasteiger partial charge on any atom is 0.261 e. The summed E-state index contributed by atoms with van der Waals surface area (Å²) in [5, 5.41) is 12.3. The van der Waals surface area contributed by atoms with Crippen LogP contribution >= 0.6 is 11.8 Å². The first-order chi connectivity index (χ1) is 16.2. The highest BCUT2D eigenvalue weighted by Gasteiger charge is 2.28. The molecule has 1 aliphatic carbocycles.